The van der Waals surface area contributed by atoms with Crippen molar-refractivity contribution in [3.8, 4) is 0 Å². The van der Waals surface area contributed by atoms with Crippen LogP contribution in [-0.2, 0) is 0 Å². The summed E-state index contributed by atoms with van der Waals surface area (Å²) in [5.41, 5.74) is 1.13. The van der Waals surface area contributed by atoms with E-state index in [4.69, 9.17) is 23.8 Å². The van der Waals surface area contributed by atoms with Gasteiger partial charge < -0.3 is 10.4 Å². The van der Waals surface area contributed by atoms with Crippen LogP contribution in [0.2, 0.25) is 5.02 Å². The number of aromatic nitrogens is 1. The lowest BCUT2D eigenvalue weighted by Gasteiger charge is -2.15. The Morgan fingerprint density at radius 2 is 1.88 bits per heavy atom. The molecule has 120 valence electrons. The fourth-order valence-electron chi connectivity index (χ4n) is 2.17. The summed E-state index contributed by atoms with van der Waals surface area (Å²) >= 11 is 12.9. The minimum atomic E-state index is -0.124. The van der Waals surface area contributed by atoms with E-state index in [-0.39, 0.29) is 5.76 Å². The third kappa shape index (κ3) is 3.82. The van der Waals surface area contributed by atoms with Crippen LogP contribution in [0.3, 0.4) is 0 Å². The summed E-state index contributed by atoms with van der Waals surface area (Å²) in [5, 5.41) is 18.5. The van der Waals surface area contributed by atoms with Gasteiger partial charge in [-0.3, -0.25) is 0 Å². The van der Waals surface area contributed by atoms with Crippen molar-refractivity contribution < 1.29 is 9.67 Å². The molecule has 0 spiro atoms. The van der Waals surface area contributed by atoms with Gasteiger partial charge in [0.25, 0.3) is 0 Å². The molecule has 0 aliphatic rings. The van der Waals surface area contributed by atoms with Crippen LogP contribution in [-0.4, -0.2) is 4.99 Å². The number of thiocarbonyl (C=S) groups is 1. The maximum atomic E-state index is 12.9. The molecule has 0 amide bonds. The summed E-state index contributed by atoms with van der Waals surface area (Å²) in [5.74, 6) is -0.124. The first-order chi connectivity index (χ1) is 11.6. The van der Waals surface area contributed by atoms with Crippen LogP contribution in [0, 0.1) is 0 Å². The van der Waals surface area contributed by atoms with Crippen LogP contribution in [0.4, 0.5) is 5.69 Å². The number of halogens is 1. The smallest absolute Gasteiger partial charge is 0.239 e. The minimum Gasteiger partial charge on any atom is -0.867 e. The zero-order valence-corrected chi connectivity index (χ0v) is 14.9. The Morgan fingerprint density at radius 3 is 2.54 bits per heavy atom. The Labute approximate surface area is 154 Å². The second-order valence-corrected chi connectivity index (χ2v) is 6.69. The third-order valence-electron chi connectivity index (χ3n) is 3.23. The fraction of sp³-hybridized carbons (Fsp3) is 0. The van der Waals surface area contributed by atoms with Gasteiger partial charge in [-0.15, -0.1) is 11.3 Å². The highest BCUT2D eigenvalue weighted by Gasteiger charge is 2.18. The summed E-state index contributed by atoms with van der Waals surface area (Å²) < 4.78 is 1.72. The van der Waals surface area contributed by atoms with Crippen LogP contribution in [0.15, 0.2) is 72.4 Å². The molecule has 0 bridgehead atoms. The average molecular weight is 373 g/mol. The van der Waals surface area contributed by atoms with Crippen LogP contribution >= 0.6 is 35.2 Å². The van der Waals surface area contributed by atoms with E-state index in [0.717, 1.165) is 5.69 Å². The highest BCUT2D eigenvalue weighted by molar-refractivity contribution is 7.81. The Balaban J connectivity index is 2.02. The molecule has 3 rings (SSSR count). The van der Waals surface area contributed by atoms with Gasteiger partial charge in [-0.2, -0.15) is 4.57 Å². The van der Waals surface area contributed by atoms with Crippen molar-refractivity contribution in [2.75, 3.05) is 5.32 Å². The van der Waals surface area contributed by atoms with Gasteiger partial charge in [0.2, 0.25) is 5.70 Å². The second-order valence-electron chi connectivity index (χ2n) is 4.90. The van der Waals surface area contributed by atoms with Crippen LogP contribution in [0.25, 0.3) is 11.5 Å². The number of hydrogen-bond donors (Lipinski definition) is 1. The molecular weight excluding hydrogens is 360 g/mol. The molecule has 0 saturated carbocycles. The van der Waals surface area contributed by atoms with Gasteiger partial charge in [0.15, 0.2) is 17.4 Å². The molecule has 0 radical (unpaired) electrons. The largest absolute Gasteiger partial charge is 0.867 e. The molecule has 1 aromatic carbocycles. The number of pyridine rings is 1. The number of thiophene rings is 1. The molecule has 0 fully saturated rings. The van der Waals surface area contributed by atoms with Gasteiger partial charge >= 0.3 is 0 Å². The molecular formula is C18H13ClN2OS2. The van der Waals surface area contributed by atoms with Gasteiger partial charge in [0, 0.05) is 27.7 Å². The predicted molar refractivity (Wildman–Crippen MR) is 102 cm³/mol. The van der Waals surface area contributed by atoms with Gasteiger partial charge in [0.05, 0.1) is 0 Å². The molecule has 6 heteroatoms. The van der Waals surface area contributed by atoms with E-state index in [0.29, 0.717) is 20.6 Å². The molecule has 0 unspecified atom stereocenters. The standard InChI is InChI=1S/C18H13ClN2OS2/c19-13-6-4-7-14(12-13)20-18(23)16(21-9-2-1-3-10-21)17(22)15-8-5-11-24-15/h1-12H,(H-,20,22,23). The van der Waals surface area contributed by atoms with Crippen molar-refractivity contribution in [3.05, 3.63) is 82.3 Å². The van der Waals surface area contributed by atoms with E-state index in [9.17, 15) is 5.11 Å². The number of benzene rings is 1. The zero-order valence-electron chi connectivity index (χ0n) is 12.5. The molecule has 24 heavy (non-hydrogen) atoms. The van der Waals surface area contributed by atoms with Crippen molar-refractivity contribution in [2.24, 2.45) is 0 Å². The lowest BCUT2D eigenvalue weighted by molar-refractivity contribution is -0.577. The third-order valence-corrected chi connectivity index (χ3v) is 4.63. The van der Waals surface area contributed by atoms with Crippen molar-refractivity contribution in [1.82, 2.24) is 0 Å². The van der Waals surface area contributed by atoms with E-state index < -0.39 is 0 Å². The maximum absolute atomic E-state index is 12.9. The first kappa shape index (κ1) is 16.6. The summed E-state index contributed by atoms with van der Waals surface area (Å²) in [6, 6.07) is 16.4. The van der Waals surface area contributed by atoms with E-state index >= 15 is 0 Å². The highest BCUT2D eigenvalue weighted by atomic mass is 35.5. The van der Waals surface area contributed by atoms with Crippen LogP contribution in [0.1, 0.15) is 4.88 Å². The molecule has 3 aromatic rings. The van der Waals surface area contributed by atoms with E-state index in [2.05, 4.69) is 5.32 Å². The molecule has 2 heterocycles. The molecule has 1 N–H and O–H groups in total. The molecule has 0 saturated heterocycles. The molecule has 0 atom stereocenters. The molecule has 3 nitrogen and oxygen atoms in total. The van der Waals surface area contributed by atoms with Gasteiger partial charge in [-0.05, 0) is 35.4 Å². The highest BCUT2D eigenvalue weighted by Crippen LogP contribution is 2.21. The lowest BCUT2D eigenvalue weighted by atomic mass is 10.2. The maximum Gasteiger partial charge on any atom is 0.239 e. The Bertz CT molecular complexity index is 877. The van der Waals surface area contributed by atoms with E-state index in [1.165, 1.54) is 11.3 Å². The lowest BCUT2D eigenvalue weighted by Crippen LogP contribution is -2.39. The summed E-state index contributed by atoms with van der Waals surface area (Å²) in [6.45, 7) is 0. The van der Waals surface area contributed by atoms with Gasteiger partial charge in [-0.25, -0.2) is 0 Å². The normalized spacial score (nSPS) is 11.7. The summed E-state index contributed by atoms with van der Waals surface area (Å²) in [4.78, 5) is 0.975. The monoisotopic (exact) mass is 372 g/mol. The molecule has 0 aliphatic heterocycles. The Morgan fingerprint density at radius 1 is 1.08 bits per heavy atom. The number of rotatable bonds is 4. The SMILES string of the molecule is [O-]C(=C(C(=S)Nc1cccc(Cl)c1)[n+]1ccccc1)c1cccs1. The predicted octanol–water partition coefficient (Wildman–Crippen LogP) is 3.81. The fourth-order valence-corrected chi connectivity index (χ4v) is 3.34. The quantitative estimate of drug-likeness (QED) is 0.327. The summed E-state index contributed by atoms with van der Waals surface area (Å²) in [6.07, 6.45) is 3.60. The van der Waals surface area contributed by atoms with Crippen molar-refractivity contribution in [3.63, 3.8) is 0 Å². The van der Waals surface area contributed by atoms with E-state index in [1.807, 2.05) is 41.8 Å². The molecule has 2 aromatic heterocycles. The van der Waals surface area contributed by atoms with Crippen molar-refractivity contribution in [1.29, 1.82) is 0 Å². The Kier molecular flexibility index (Phi) is 5.25. The van der Waals surface area contributed by atoms with Crippen molar-refractivity contribution >= 4 is 57.3 Å². The number of nitrogens with zero attached hydrogens (tertiary/aromatic N) is 1. The second kappa shape index (κ2) is 7.57. The first-order valence-corrected chi connectivity index (χ1v) is 8.80. The van der Waals surface area contributed by atoms with Crippen LogP contribution < -0.4 is 15.0 Å². The molecule has 0 aliphatic carbocycles. The van der Waals surface area contributed by atoms with Crippen molar-refractivity contribution in [2.45, 2.75) is 0 Å². The van der Waals surface area contributed by atoms with Gasteiger partial charge in [-0.1, -0.05) is 42.0 Å². The number of anilines is 1. The first-order valence-electron chi connectivity index (χ1n) is 7.14. The van der Waals surface area contributed by atoms with Gasteiger partial charge in [0.1, 0.15) is 0 Å². The zero-order chi connectivity index (χ0) is 16.9. The number of nitrogens with one attached hydrogen (secondary N) is 1. The summed E-state index contributed by atoms with van der Waals surface area (Å²) in [7, 11) is 0. The minimum absolute atomic E-state index is 0.124. The average Bonchev–Trinajstić information content (AvgIpc) is 3.10. The topological polar surface area (TPSA) is 39.0 Å². The van der Waals surface area contributed by atoms with E-state index in [1.54, 1.807) is 35.2 Å². The van der Waals surface area contributed by atoms with Crippen LogP contribution in [0.5, 0.6) is 0 Å². The number of hydrogen-bond acceptors (Lipinski definition) is 3. The Hall–Kier alpha value is -2.21.